The monoisotopic (exact) mass is 360 g/mol. The van der Waals surface area contributed by atoms with Gasteiger partial charge in [0.2, 0.25) is 11.8 Å². The fourth-order valence-electron chi connectivity index (χ4n) is 3.52. The smallest absolute Gasteiger partial charge is 0.223 e. The third-order valence-electron chi connectivity index (χ3n) is 4.95. The van der Waals surface area contributed by atoms with Crippen molar-refractivity contribution in [1.29, 1.82) is 0 Å². The number of halogens is 1. The number of amides is 2. The standard InChI is InChI=1S/C19H25FN4O2/c1-2-13-6-3-4-11-24(13)18(26)10-9-17(25)21-12-16-22-15-8-5-7-14(20)19(15)23-16/h5,7-8,13H,2-4,6,9-12H2,1H3,(H,21,25)(H,22,23)/t13-/m0/s1. The number of aromatic nitrogens is 2. The average molecular weight is 360 g/mol. The third kappa shape index (κ3) is 4.20. The molecule has 0 saturated carbocycles. The van der Waals surface area contributed by atoms with E-state index in [2.05, 4.69) is 22.2 Å². The number of hydrogen-bond acceptors (Lipinski definition) is 3. The molecule has 3 rings (SSSR count). The number of nitrogens with one attached hydrogen (secondary N) is 2. The number of para-hydroxylation sites is 1. The molecule has 26 heavy (non-hydrogen) atoms. The Balaban J connectivity index is 1.47. The van der Waals surface area contributed by atoms with Crippen molar-refractivity contribution in [3.8, 4) is 0 Å². The molecule has 0 unspecified atom stereocenters. The van der Waals surface area contributed by atoms with E-state index >= 15 is 0 Å². The minimum atomic E-state index is -0.395. The van der Waals surface area contributed by atoms with Gasteiger partial charge in [-0.3, -0.25) is 9.59 Å². The summed E-state index contributed by atoms with van der Waals surface area (Å²) in [6, 6.07) is 5.00. The van der Waals surface area contributed by atoms with Crippen LogP contribution >= 0.6 is 0 Å². The predicted molar refractivity (Wildman–Crippen MR) is 96.8 cm³/mol. The summed E-state index contributed by atoms with van der Waals surface area (Å²) in [6.45, 7) is 3.07. The van der Waals surface area contributed by atoms with E-state index < -0.39 is 5.82 Å². The van der Waals surface area contributed by atoms with Crippen molar-refractivity contribution in [1.82, 2.24) is 20.2 Å². The van der Waals surface area contributed by atoms with Crippen molar-refractivity contribution in [3.63, 3.8) is 0 Å². The van der Waals surface area contributed by atoms with Crippen molar-refractivity contribution in [2.45, 2.75) is 58.0 Å². The summed E-state index contributed by atoms with van der Waals surface area (Å²) < 4.78 is 13.6. The van der Waals surface area contributed by atoms with Crippen LogP contribution in [-0.2, 0) is 16.1 Å². The number of carbonyl (C=O) groups excluding carboxylic acids is 2. The minimum absolute atomic E-state index is 0.0532. The van der Waals surface area contributed by atoms with Gasteiger partial charge in [0.05, 0.1) is 12.1 Å². The van der Waals surface area contributed by atoms with Crippen molar-refractivity contribution in [2.24, 2.45) is 0 Å². The van der Waals surface area contributed by atoms with Gasteiger partial charge in [0.1, 0.15) is 11.3 Å². The highest BCUT2D eigenvalue weighted by atomic mass is 19.1. The minimum Gasteiger partial charge on any atom is -0.349 e. The van der Waals surface area contributed by atoms with Gasteiger partial charge in [0, 0.05) is 25.4 Å². The molecule has 1 aromatic heterocycles. The Morgan fingerprint density at radius 2 is 2.19 bits per heavy atom. The van der Waals surface area contributed by atoms with Gasteiger partial charge in [0.15, 0.2) is 5.82 Å². The number of H-pyrrole nitrogens is 1. The Bertz CT molecular complexity index is 789. The second-order valence-electron chi connectivity index (χ2n) is 6.74. The van der Waals surface area contributed by atoms with Crippen LogP contribution in [0.4, 0.5) is 4.39 Å². The first kappa shape index (κ1) is 18.4. The van der Waals surface area contributed by atoms with Gasteiger partial charge in [-0.25, -0.2) is 9.37 Å². The fraction of sp³-hybridized carbons (Fsp3) is 0.526. The predicted octanol–water partition coefficient (Wildman–Crippen LogP) is 2.89. The lowest BCUT2D eigenvalue weighted by Crippen LogP contribution is -2.43. The molecule has 2 heterocycles. The van der Waals surface area contributed by atoms with Crippen LogP contribution < -0.4 is 5.32 Å². The van der Waals surface area contributed by atoms with Crippen molar-refractivity contribution in [3.05, 3.63) is 29.8 Å². The molecule has 1 aromatic carbocycles. The van der Waals surface area contributed by atoms with Gasteiger partial charge in [-0.05, 0) is 37.8 Å². The normalized spacial score (nSPS) is 17.5. The number of piperidine rings is 1. The molecule has 6 nitrogen and oxygen atoms in total. The van der Waals surface area contributed by atoms with E-state index in [1.54, 1.807) is 12.1 Å². The summed E-state index contributed by atoms with van der Waals surface area (Å²) in [5, 5.41) is 2.74. The Kier molecular flexibility index (Phi) is 5.85. The van der Waals surface area contributed by atoms with Crippen LogP contribution in [-0.4, -0.2) is 39.3 Å². The molecule has 2 N–H and O–H groups in total. The summed E-state index contributed by atoms with van der Waals surface area (Å²) in [7, 11) is 0. The lowest BCUT2D eigenvalue weighted by Gasteiger charge is -2.35. The first-order valence-electron chi connectivity index (χ1n) is 9.27. The van der Waals surface area contributed by atoms with E-state index in [9.17, 15) is 14.0 Å². The number of imidazole rings is 1. The molecule has 1 saturated heterocycles. The van der Waals surface area contributed by atoms with Gasteiger partial charge in [-0.1, -0.05) is 13.0 Å². The molecule has 1 aliphatic rings. The maximum atomic E-state index is 13.6. The lowest BCUT2D eigenvalue weighted by atomic mass is 9.99. The molecule has 2 aromatic rings. The quantitative estimate of drug-likeness (QED) is 0.831. The van der Waals surface area contributed by atoms with E-state index in [0.717, 1.165) is 25.8 Å². The Labute approximate surface area is 152 Å². The van der Waals surface area contributed by atoms with Crippen LogP contribution in [0.5, 0.6) is 0 Å². The van der Waals surface area contributed by atoms with Gasteiger partial charge in [-0.2, -0.15) is 0 Å². The highest BCUT2D eigenvalue weighted by Crippen LogP contribution is 2.20. The van der Waals surface area contributed by atoms with Crippen molar-refractivity contribution < 1.29 is 14.0 Å². The van der Waals surface area contributed by atoms with Gasteiger partial charge < -0.3 is 15.2 Å². The Morgan fingerprint density at radius 1 is 1.35 bits per heavy atom. The summed E-state index contributed by atoms with van der Waals surface area (Å²) in [5.74, 6) is -0.0531. The molecule has 140 valence electrons. The Morgan fingerprint density at radius 3 is 2.96 bits per heavy atom. The number of carbonyl (C=O) groups is 2. The maximum Gasteiger partial charge on any atom is 0.223 e. The van der Waals surface area contributed by atoms with E-state index in [1.165, 1.54) is 12.5 Å². The number of aromatic amines is 1. The molecule has 1 atom stereocenters. The molecule has 0 bridgehead atoms. The second-order valence-corrected chi connectivity index (χ2v) is 6.74. The molecule has 1 aliphatic heterocycles. The largest absolute Gasteiger partial charge is 0.349 e. The molecular formula is C19H25FN4O2. The first-order valence-corrected chi connectivity index (χ1v) is 9.27. The van der Waals surface area contributed by atoms with Crippen LogP contribution in [0.3, 0.4) is 0 Å². The molecule has 1 fully saturated rings. The highest BCUT2D eigenvalue weighted by molar-refractivity contribution is 5.84. The Hall–Kier alpha value is -2.44. The third-order valence-corrected chi connectivity index (χ3v) is 4.95. The number of rotatable bonds is 6. The lowest BCUT2D eigenvalue weighted by molar-refractivity contribution is -0.136. The summed E-state index contributed by atoms with van der Waals surface area (Å²) in [6.07, 6.45) is 4.59. The summed E-state index contributed by atoms with van der Waals surface area (Å²) >= 11 is 0. The van der Waals surface area contributed by atoms with Crippen LogP contribution in [0.1, 0.15) is 51.3 Å². The molecule has 2 amide bonds. The molecule has 0 spiro atoms. The van der Waals surface area contributed by atoms with Crippen molar-refractivity contribution >= 4 is 22.8 Å². The zero-order valence-corrected chi connectivity index (χ0v) is 15.1. The number of likely N-dealkylation sites (tertiary alicyclic amines) is 1. The molecule has 0 radical (unpaired) electrons. The topological polar surface area (TPSA) is 78.1 Å². The number of fused-ring (bicyclic) bond motifs is 1. The van der Waals surface area contributed by atoms with E-state index in [-0.39, 0.29) is 36.7 Å². The highest BCUT2D eigenvalue weighted by Gasteiger charge is 2.25. The van der Waals surface area contributed by atoms with Crippen LogP contribution in [0.15, 0.2) is 18.2 Å². The van der Waals surface area contributed by atoms with Crippen LogP contribution in [0.25, 0.3) is 11.0 Å². The zero-order valence-electron chi connectivity index (χ0n) is 15.1. The van der Waals surface area contributed by atoms with E-state index in [4.69, 9.17) is 0 Å². The van der Waals surface area contributed by atoms with Gasteiger partial charge in [0.25, 0.3) is 0 Å². The van der Waals surface area contributed by atoms with Crippen LogP contribution in [0.2, 0.25) is 0 Å². The zero-order chi connectivity index (χ0) is 18.5. The number of hydrogen-bond donors (Lipinski definition) is 2. The van der Waals surface area contributed by atoms with Gasteiger partial charge >= 0.3 is 0 Å². The fourth-order valence-corrected chi connectivity index (χ4v) is 3.52. The summed E-state index contributed by atoms with van der Waals surface area (Å²) in [5.41, 5.74) is 0.864. The number of benzene rings is 1. The number of nitrogens with zero attached hydrogens (tertiary/aromatic N) is 2. The SMILES string of the molecule is CC[C@H]1CCCCN1C(=O)CCC(=O)NCc1nc2c(F)cccc2[nH]1. The van der Waals surface area contributed by atoms with Crippen LogP contribution in [0, 0.1) is 5.82 Å². The summed E-state index contributed by atoms with van der Waals surface area (Å²) in [4.78, 5) is 33.5. The van der Waals surface area contributed by atoms with E-state index in [0.29, 0.717) is 17.4 Å². The maximum absolute atomic E-state index is 13.6. The second kappa shape index (κ2) is 8.29. The molecule has 0 aliphatic carbocycles. The average Bonchev–Trinajstić information content (AvgIpc) is 3.09. The molecule has 7 heteroatoms. The van der Waals surface area contributed by atoms with E-state index in [1.807, 2.05) is 4.90 Å². The molecular weight excluding hydrogens is 335 g/mol. The van der Waals surface area contributed by atoms with Crippen molar-refractivity contribution in [2.75, 3.05) is 6.54 Å². The van der Waals surface area contributed by atoms with Gasteiger partial charge in [-0.15, -0.1) is 0 Å². The first-order chi connectivity index (χ1) is 12.6.